The van der Waals surface area contributed by atoms with Crippen molar-refractivity contribution in [3.05, 3.63) is 97.3 Å². The van der Waals surface area contributed by atoms with Crippen molar-refractivity contribution in [3.8, 4) is 11.5 Å². The molecule has 0 saturated carbocycles. The van der Waals surface area contributed by atoms with Gasteiger partial charge < -0.3 is 9.47 Å². The Hall–Kier alpha value is -2.55. The highest BCUT2D eigenvalue weighted by Gasteiger charge is 2.35. The number of benzene rings is 3. The standard InChI is InChI=1S/C29H27Br2NO4S/c1-29(2,3)21-7-12-24(13-8-21)35-14-15-36-25-17-23(31)11-6-20(25)16-26-27(33)32(28(34)37-26)18-19-4-9-22(30)10-5-19/h4-13,16-17H,14-15,18H2,1-3H3/b26-16-. The second-order valence-corrected chi connectivity index (χ2v) is 12.4. The van der Waals surface area contributed by atoms with Crippen molar-refractivity contribution in [3.63, 3.8) is 0 Å². The molecule has 0 spiro atoms. The number of amides is 2. The summed E-state index contributed by atoms with van der Waals surface area (Å²) in [4.78, 5) is 27.2. The largest absolute Gasteiger partial charge is 0.490 e. The highest BCUT2D eigenvalue weighted by atomic mass is 79.9. The van der Waals surface area contributed by atoms with E-state index in [0.717, 1.165) is 32.0 Å². The van der Waals surface area contributed by atoms with Gasteiger partial charge in [0.05, 0.1) is 11.4 Å². The van der Waals surface area contributed by atoms with Crippen molar-refractivity contribution < 1.29 is 19.1 Å². The van der Waals surface area contributed by atoms with Crippen LogP contribution in [0.3, 0.4) is 0 Å². The van der Waals surface area contributed by atoms with Crippen molar-refractivity contribution in [2.45, 2.75) is 32.7 Å². The van der Waals surface area contributed by atoms with Gasteiger partial charge in [-0.25, -0.2) is 0 Å². The third kappa shape index (κ3) is 7.27. The third-order valence-electron chi connectivity index (χ3n) is 5.72. The highest BCUT2D eigenvalue weighted by Crippen LogP contribution is 2.36. The van der Waals surface area contributed by atoms with Gasteiger partial charge in [0, 0.05) is 14.5 Å². The first kappa shape index (κ1) is 27.5. The van der Waals surface area contributed by atoms with E-state index in [1.807, 2.05) is 54.6 Å². The first-order chi connectivity index (χ1) is 17.6. The van der Waals surface area contributed by atoms with Gasteiger partial charge in [0.15, 0.2) is 0 Å². The molecule has 0 unspecified atom stereocenters. The topological polar surface area (TPSA) is 55.8 Å². The average molecular weight is 645 g/mol. The molecule has 0 bridgehead atoms. The molecular formula is C29H27Br2NO4S. The fourth-order valence-corrected chi connectivity index (χ4v) is 5.10. The molecule has 1 heterocycles. The Morgan fingerprint density at radius 2 is 1.51 bits per heavy atom. The van der Waals surface area contributed by atoms with Crippen LogP contribution in [0.1, 0.15) is 37.5 Å². The molecule has 3 aromatic carbocycles. The number of thioether (sulfide) groups is 1. The molecule has 5 nitrogen and oxygen atoms in total. The minimum absolute atomic E-state index is 0.0901. The predicted octanol–water partition coefficient (Wildman–Crippen LogP) is 8.20. The number of carbonyl (C=O) groups is 2. The molecule has 1 aliphatic heterocycles. The van der Waals surface area contributed by atoms with E-state index >= 15 is 0 Å². The summed E-state index contributed by atoms with van der Waals surface area (Å²) in [6.45, 7) is 7.44. The van der Waals surface area contributed by atoms with Gasteiger partial charge in [0.2, 0.25) is 0 Å². The number of rotatable bonds is 8. The summed E-state index contributed by atoms with van der Waals surface area (Å²) in [5.74, 6) is 1.07. The quantitative estimate of drug-likeness (QED) is 0.183. The Morgan fingerprint density at radius 3 is 2.19 bits per heavy atom. The maximum absolute atomic E-state index is 13.0. The zero-order valence-corrected chi connectivity index (χ0v) is 24.8. The SMILES string of the molecule is CC(C)(C)c1ccc(OCCOc2cc(Br)ccc2/C=C2\SC(=O)N(Cc3ccc(Br)cc3)C2=O)cc1. The molecule has 8 heteroatoms. The van der Waals surface area contributed by atoms with E-state index in [1.165, 1.54) is 10.5 Å². The Kier molecular flexibility index (Phi) is 8.82. The van der Waals surface area contributed by atoms with Gasteiger partial charge in [-0.3, -0.25) is 14.5 Å². The summed E-state index contributed by atoms with van der Waals surface area (Å²) in [6, 6.07) is 21.2. The monoisotopic (exact) mass is 643 g/mol. The Labute approximate surface area is 238 Å². The molecule has 2 amide bonds. The summed E-state index contributed by atoms with van der Waals surface area (Å²) in [6.07, 6.45) is 1.71. The summed E-state index contributed by atoms with van der Waals surface area (Å²) in [5, 5.41) is -0.287. The maximum atomic E-state index is 13.0. The first-order valence-electron chi connectivity index (χ1n) is 11.8. The van der Waals surface area contributed by atoms with Gasteiger partial charge in [0.25, 0.3) is 11.1 Å². The van der Waals surface area contributed by atoms with Crippen LogP contribution in [0.15, 0.2) is 80.6 Å². The number of halogens is 2. The number of hydrogen-bond donors (Lipinski definition) is 0. The van der Waals surface area contributed by atoms with Gasteiger partial charge in [-0.05, 0) is 70.8 Å². The van der Waals surface area contributed by atoms with Crippen LogP contribution in [0.2, 0.25) is 0 Å². The second-order valence-electron chi connectivity index (χ2n) is 9.55. The molecule has 0 radical (unpaired) electrons. The third-order valence-corrected chi connectivity index (χ3v) is 7.65. The molecule has 1 aliphatic rings. The summed E-state index contributed by atoms with van der Waals surface area (Å²) in [7, 11) is 0. The minimum Gasteiger partial charge on any atom is -0.490 e. The van der Waals surface area contributed by atoms with Crippen molar-refractivity contribution in [2.75, 3.05) is 13.2 Å². The van der Waals surface area contributed by atoms with Gasteiger partial charge in [-0.15, -0.1) is 0 Å². The van der Waals surface area contributed by atoms with Crippen LogP contribution in [0.4, 0.5) is 4.79 Å². The van der Waals surface area contributed by atoms with Crippen molar-refractivity contribution in [1.82, 2.24) is 4.90 Å². The van der Waals surface area contributed by atoms with Crippen molar-refractivity contribution >= 4 is 60.8 Å². The van der Waals surface area contributed by atoms with Gasteiger partial charge in [0.1, 0.15) is 24.7 Å². The summed E-state index contributed by atoms with van der Waals surface area (Å²) in [5.41, 5.74) is 2.93. The van der Waals surface area contributed by atoms with Gasteiger partial charge in [-0.1, -0.05) is 83.0 Å². The van der Waals surface area contributed by atoms with Crippen LogP contribution in [0.5, 0.6) is 11.5 Å². The lowest BCUT2D eigenvalue weighted by Crippen LogP contribution is -2.27. The predicted molar refractivity (Wildman–Crippen MR) is 156 cm³/mol. The zero-order chi connectivity index (χ0) is 26.6. The van der Waals surface area contributed by atoms with E-state index in [9.17, 15) is 9.59 Å². The number of imide groups is 1. The normalized spacial score (nSPS) is 14.9. The van der Waals surface area contributed by atoms with E-state index in [2.05, 4.69) is 64.8 Å². The number of ether oxygens (including phenoxy) is 2. The number of nitrogens with zero attached hydrogens (tertiary/aromatic N) is 1. The Balaban J connectivity index is 1.40. The fraction of sp³-hybridized carbons (Fsp3) is 0.241. The molecule has 0 atom stereocenters. The highest BCUT2D eigenvalue weighted by molar-refractivity contribution is 9.10. The van der Waals surface area contributed by atoms with Crippen LogP contribution >= 0.6 is 43.6 Å². The van der Waals surface area contributed by atoms with Crippen LogP contribution in [0.25, 0.3) is 6.08 Å². The van der Waals surface area contributed by atoms with E-state index in [4.69, 9.17) is 9.47 Å². The first-order valence-corrected chi connectivity index (χ1v) is 14.2. The molecule has 0 aliphatic carbocycles. The summed E-state index contributed by atoms with van der Waals surface area (Å²) < 4.78 is 13.6. The zero-order valence-electron chi connectivity index (χ0n) is 20.8. The second kappa shape index (κ2) is 11.9. The minimum atomic E-state index is -0.311. The molecule has 192 valence electrons. The molecule has 3 aromatic rings. The smallest absolute Gasteiger partial charge is 0.293 e. The lowest BCUT2D eigenvalue weighted by molar-refractivity contribution is -0.123. The Morgan fingerprint density at radius 1 is 0.865 bits per heavy atom. The van der Waals surface area contributed by atoms with Crippen molar-refractivity contribution in [1.29, 1.82) is 0 Å². The molecule has 1 fully saturated rings. The van der Waals surface area contributed by atoms with E-state index in [1.54, 1.807) is 6.08 Å². The maximum Gasteiger partial charge on any atom is 0.293 e. The molecule has 0 aromatic heterocycles. The number of hydrogen-bond acceptors (Lipinski definition) is 5. The van der Waals surface area contributed by atoms with Crippen LogP contribution < -0.4 is 9.47 Å². The summed E-state index contributed by atoms with van der Waals surface area (Å²) >= 11 is 7.82. The number of carbonyl (C=O) groups excluding carboxylic acids is 2. The molecule has 0 N–H and O–H groups in total. The lowest BCUT2D eigenvalue weighted by Gasteiger charge is -2.19. The van der Waals surface area contributed by atoms with E-state index in [-0.39, 0.29) is 23.1 Å². The average Bonchev–Trinajstić information content (AvgIpc) is 3.11. The van der Waals surface area contributed by atoms with Crippen LogP contribution in [-0.4, -0.2) is 29.3 Å². The Bertz CT molecular complexity index is 1320. The molecule has 4 rings (SSSR count). The van der Waals surface area contributed by atoms with Crippen LogP contribution in [0, 0.1) is 0 Å². The molecule has 37 heavy (non-hydrogen) atoms. The van der Waals surface area contributed by atoms with Crippen LogP contribution in [-0.2, 0) is 16.8 Å². The van der Waals surface area contributed by atoms with Gasteiger partial charge in [-0.2, -0.15) is 0 Å². The lowest BCUT2D eigenvalue weighted by atomic mass is 9.87. The van der Waals surface area contributed by atoms with Crippen molar-refractivity contribution in [2.24, 2.45) is 0 Å². The van der Waals surface area contributed by atoms with E-state index in [0.29, 0.717) is 29.4 Å². The fourth-order valence-electron chi connectivity index (χ4n) is 3.66. The molecular weight excluding hydrogens is 618 g/mol. The van der Waals surface area contributed by atoms with E-state index < -0.39 is 0 Å². The molecule has 1 saturated heterocycles. The van der Waals surface area contributed by atoms with Gasteiger partial charge >= 0.3 is 0 Å².